The lowest BCUT2D eigenvalue weighted by Crippen LogP contribution is -2.48. The van der Waals surface area contributed by atoms with Crippen LogP contribution in [0.5, 0.6) is 5.75 Å². The second-order valence-electron chi connectivity index (χ2n) is 8.74. The molecular formula is C23H25FN6O2S. The first kappa shape index (κ1) is 21.7. The molecule has 3 aromatic rings. The number of rotatable bonds is 8. The Balaban J connectivity index is 1.52. The number of hydrogen-bond donors (Lipinski definition) is 2. The fraction of sp³-hybridized carbons (Fsp3) is 0.435. The molecule has 0 saturated heterocycles. The summed E-state index contributed by atoms with van der Waals surface area (Å²) in [6, 6.07) is 4.82. The molecule has 1 atom stereocenters. The minimum absolute atomic E-state index is 0.202. The molecule has 33 heavy (non-hydrogen) atoms. The Bertz CT molecular complexity index is 1200. The predicted octanol–water partition coefficient (Wildman–Crippen LogP) is 4.20. The van der Waals surface area contributed by atoms with Gasteiger partial charge in [-0.2, -0.15) is 5.21 Å². The number of hydrogen-bond acceptors (Lipinski definition) is 7. The number of H-pyrrole nitrogens is 1. The van der Waals surface area contributed by atoms with Crippen molar-refractivity contribution in [3.63, 3.8) is 0 Å². The van der Waals surface area contributed by atoms with Gasteiger partial charge in [-0.05, 0) is 43.4 Å². The summed E-state index contributed by atoms with van der Waals surface area (Å²) < 4.78 is 20.9. The summed E-state index contributed by atoms with van der Waals surface area (Å²) in [5.74, 6) is 0.422. The number of aromatic amines is 1. The number of amides is 1. The van der Waals surface area contributed by atoms with Crippen LogP contribution in [0.2, 0.25) is 0 Å². The molecule has 2 aromatic heterocycles. The summed E-state index contributed by atoms with van der Waals surface area (Å²) in [4.78, 5) is 19.1. The zero-order valence-corrected chi connectivity index (χ0v) is 19.3. The number of ether oxygens (including phenoxy) is 1. The smallest absolute Gasteiger partial charge is 0.256 e. The number of carbonyl (C=O) groups excluding carboxylic acids is 1. The molecular weight excluding hydrogens is 443 g/mol. The number of nitrogens with one attached hydrogen (secondary N) is 2. The van der Waals surface area contributed by atoms with Crippen molar-refractivity contribution in [2.75, 3.05) is 6.61 Å². The van der Waals surface area contributed by atoms with Crippen molar-refractivity contribution >= 4 is 28.4 Å². The van der Waals surface area contributed by atoms with E-state index < -0.39 is 11.4 Å². The van der Waals surface area contributed by atoms with Gasteiger partial charge in [0, 0.05) is 34.7 Å². The van der Waals surface area contributed by atoms with Crippen molar-refractivity contribution in [2.24, 2.45) is 0 Å². The lowest BCUT2D eigenvalue weighted by molar-refractivity contribution is -0.117. The van der Waals surface area contributed by atoms with E-state index in [-0.39, 0.29) is 11.7 Å². The number of halogens is 1. The van der Waals surface area contributed by atoms with Gasteiger partial charge in [0.25, 0.3) is 5.91 Å². The number of thiazole rings is 1. The van der Waals surface area contributed by atoms with Crippen molar-refractivity contribution < 1.29 is 13.9 Å². The molecule has 1 aliphatic carbocycles. The van der Waals surface area contributed by atoms with Crippen LogP contribution in [0.15, 0.2) is 24.4 Å². The molecule has 1 aromatic carbocycles. The van der Waals surface area contributed by atoms with Gasteiger partial charge in [-0.25, -0.2) is 9.37 Å². The largest absolute Gasteiger partial charge is 0.493 e. The summed E-state index contributed by atoms with van der Waals surface area (Å²) in [5.41, 5.74) is 0.430. The highest BCUT2D eigenvalue weighted by atomic mass is 32.1. The van der Waals surface area contributed by atoms with E-state index >= 15 is 4.39 Å². The lowest BCUT2D eigenvalue weighted by atomic mass is 9.80. The van der Waals surface area contributed by atoms with E-state index in [9.17, 15) is 4.79 Å². The van der Waals surface area contributed by atoms with Crippen molar-refractivity contribution in [3.8, 4) is 5.75 Å². The van der Waals surface area contributed by atoms with Crippen LogP contribution in [0.4, 0.5) is 4.39 Å². The summed E-state index contributed by atoms with van der Waals surface area (Å²) in [6.45, 7) is 4.44. The first-order chi connectivity index (χ1) is 16.0. The summed E-state index contributed by atoms with van der Waals surface area (Å²) in [6.07, 6.45) is 6.45. The maximum atomic E-state index is 15.2. The Labute approximate surface area is 194 Å². The number of aromatic nitrogens is 5. The maximum Gasteiger partial charge on any atom is 0.256 e. The standard InChI is InChI=1S/C23H25FN6O2S/c1-3-4-9-32-14-7-8-16(17(24)10-14)23(2)11-15(22-25-12-18(33-22)13-5-6-13)19(21(31)26-23)20-27-29-30-28-20/h7-8,10,12-13H,3-6,9,11H2,1-2H3,(H,26,31)(H,27,28,29,30)/t23-/m0/s1. The molecule has 1 fully saturated rings. The van der Waals surface area contributed by atoms with Crippen LogP contribution in [0, 0.1) is 5.82 Å². The average molecular weight is 469 g/mol. The van der Waals surface area contributed by atoms with Crippen LogP contribution in [0.25, 0.3) is 11.1 Å². The minimum Gasteiger partial charge on any atom is -0.493 e. The van der Waals surface area contributed by atoms with E-state index in [0.29, 0.717) is 41.4 Å². The Hall–Kier alpha value is -3.14. The highest BCUT2D eigenvalue weighted by Crippen LogP contribution is 2.47. The molecule has 5 rings (SSSR count). The number of nitrogens with zero attached hydrogens (tertiary/aromatic N) is 4. The number of unbranched alkanes of at least 4 members (excludes halogenated alkanes) is 1. The highest BCUT2D eigenvalue weighted by Gasteiger charge is 2.42. The van der Waals surface area contributed by atoms with E-state index in [4.69, 9.17) is 4.74 Å². The van der Waals surface area contributed by atoms with E-state index in [1.807, 2.05) is 13.1 Å². The average Bonchev–Trinajstić information content (AvgIpc) is 3.28. The number of tetrazole rings is 1. The number of carbonyl (C=O) groups is 1. The molecule has 0 spiro atoms. The fourth-order valence-corrected chi connectivity index (χ4v) is 5.27. The van der Waals surface area contributed by atoms with E-state index in [1.165, 1.54) is 10.9 Å². The Morgan fingerprint density at radius 1 is 1.33 bits per heavy atom. The van der Waals surface area contributed by atoms with Crippen LogP contribution < -0.4 is 10.1 Å². The van der Waals surface area contributed by atoms with Gasteiger partial charge in [0.05, 0.1) is 17.7 Å². The number of benzene rings is 1. The molecule has 0 unspecified atom stereocenters. The third-order valence-corrected chi connectivity index (χ3v) is 7.30. The normalized spacial score (nSPS) is 20.8. The third-order valence-electron chi connectivity index (χ3n) is 6.08. The van der Waals surface area contributed by atoms with Crippen molar-refractivity contribution in [3.05, 3.63) is 51.5 Å². The SMILES string of the molecule is CCCCOc1ccc([C@]2(C)CC(c3ncc(C4CC4)s3)=C(c3nn[nH]n3)C(=O)N2)c(F)c1. The predicted molar refractivity (Wildman–Crippen MR) is 122 cm³/mol. The van der Waals surface area contributed by atoms with Crippen LogP contribution in [0.3, 0.4) is 0 Å². The second kappa shape index (κ2) is 8.66. The fourth-order valence-electron chi connectivity index (χ4n) is 4.14. The highest BCUT2D eigenvalue weighted by molar-refractivity contribution is 7.13. The second-order valence-corrected chi connectivity index (χ2v) is 9.80. The summed E-state index contributed by atoms with van der Waals surface area (Å²) in [7, 11) is 0. The molecule has 1 saturated carbocycles. The molecule has 1 amide bonds. The molecule has 3 heterocycles. The van der Waals surface area contributed by atoms with Gasteiger partial charge in [-0.15, -0.1) is 21.5 Å². The van der Waals surface area contributed by atoms with Gasteiger partial charge in [0.15, 0.2) is 0 Å². The maximum absolute atomic E-state index is 15.2. The van der Waals surface area contributed by atoms with Crippen LogP contribution >= 0.6 is 11.3 Å². The first-order valence-corrected chi connectivity index (χ1v) is 12.0. The zero-order chi connectivity index (χ0) is 23.0. The molecule has 2 N–H and O–H groups in total. The first-order valence-electron chi connectivity index (χ1n) is 11.2. The summed E-state index contributed by atoms with van der Waals surface area (Å²) in [5, 5.41) is 17.8. The zero-order valence-electron chi connectivity index (χ0n) is 18.5. The molecule has 172 valence electrons. The topological polar surface area (TPSA) is 106 Å². The van der Waals surface area contributed by atoms with Gasteiger partial charge in [0.2, 0.25) is 5.82 Å². The molecule has 0 bridgehead atoms. The lowest BCUT2D eigenvalue weighted by Gasteiger charge is -2.36. The Morgan fingerprint density at radius 2 is 2.18 bits per heavy atom. The van der Waals surface area contributed by atoms with Gasteiger partial charge in [0.1, 0.15) is 16.6 Å². The van der Waals surface area contributed by atoms with Crippen molar-refractivity contribution in [1.29, 1.82) is 0 Å². The van der Waals surface area contributed by atoms with Crippen molar-refractivity contribution in [1.82, 2.24) is 30.9 Å². The van der Waals surface area contributed by atoms with Crippen LogP contribution in [0.1, 0.15) is 73.1 Å². The van der Waals surface area contributed by atoms with E-state index in [1.54, 1.807) is 23.5 Å². The van der Waals surface area contributed by atoms with Crippen molar-refractivity contribution in [2.45, 2.75) is 57.4 Å². The van der Waals surface area contributed by atoms with Gasteiger partial charge in [-0.3, -0.25) is 4.79 Å². The quantitative estimate of drug-likeness (QED) is 0.480. The van der Waals surface area contributed by atoms with E-state index in [0.717, 1.165) is 30.7 Å². The minimum atomic E-state index is -0.975. The van der Waals surface area contributed by atoms with Gasteiger partial charge in [-0.1, -0.05) is 19.4 Å². The molecule has 0 radical (unpaired) electrons. The van der Waals surface area contributed by atoms with E-state index in [2.05, 4.69) is 37.8 Å². The van der Waals surface area contributed by atoms with Crippen LogP contribution in [-0.4, -0.2) is 38.1 Å². The molecule has 1 aliphatic heterocycles. The monoisotopic (exact) mass is 468 g/mol. The van der Waals surface area contributed by atoms with Gasteiger partial charge < -0.3 is 10.1 Å². The Morgan fingerprint density at radius 3 is 2.88 bits per heavy atom. The van der Waals surface area contributed by atoms with Crippen LogP contribution in [-0.2, 0) is 10.3 Å². The molecule has 2 aliphatic rings. The summed E-state index contributed by atoms with van der Waals surface area (Å²) >= 11 is 1.58. The molecule has 8 nitrogen and oxygen atoms in total. The molecule has 10 heteroatoms. The third kappa shape index (κ3) is 4.27. The Kier molecular flexibility index (Phi) is 5.69. The van der Waals surface area contributed by atoms with Gasteiger partial charge >= 0.3 is 0 Å².